The van der Waals surface area contributed by atoms with Gasteiger partial charge in [0.05, 0.1) is 0 Å². The zero-order chi connectivity index (χ0) is 17.8. The van der Waals surface area contributed by atoms with E-state index < -0.39 is 0 Å². The molecule has 0 aromatic carbocycles. The maximum Gasteiger partial charge on any atom is 0 e. The van der Waals surface area contributed by atoms with Crippen LogP contribution in [0, 0.1) is 90.8 Å². The summed E-state index contributed by atoms with van der Waals surface area (Å²) in [6.07, 6.45) is 20.0. The number of hydrogen-bond donors (Lipinski definition) is 0. The van der Waals surface area contributed by atoms with Gasteiger partial charge in [-0.2, -0.15) is 0 Å². The van der Waals surface area contributed by atoms with Gasteiger partial charge in [-0.25, -0.2) is 0 Å². The second kappa shape index (κ2) is 69.5. The Morgan fingerprint density at radius 2 is 0.591 bits per heavy atom. The van der Waals surface area contributed by atoms with Crippen molar-refractivity contribution >= 4 is 4.06 Å². The van der Waals surface area contributed by atoms with Crippen LogP contribution >= 0.6 is 0 Å². The van der Waals surface area contributed by atoms with Crippen molar-refractivity contribution in [1.29, 1.82) is 0 Å². The van der Waals surface area contributed by atoms with E-state index in [4.69, 9.17) is 18.6 Å². The minimum absolute atomic E-state index is 0. The molecule has 2 rings (SSSR count). The maximum absolute atomic E-state index is 7.50. The van der Waals surface area contributed by atoms with E-state index in [-0.39, 0.29) is 21.1 Å². The molecule has 2 saturated carbocycles. The summed E-state index contributed by atoms with van der Waals surface area (Å²) >= 11 is 1.71. The number of rotatable bonds is 0. The summed E-state index contributed by atoms with van der Waals surface area (Å²) in [5.41, 5.74) is 0. The van der Waals surface area contributed by atoms with E-state index in [2.05, 4.69) is 37.2 Å². The maximum atomic E-state index is 7.50. The fourth-order valence-corrected chi connectivity index (χ4v) is 0.642. The van der Waals surface area contributed by atoms with Crippen LogP contribution in [0.4, 0.5) is 0 Å². The van der Waals surface area contributed by atoms with Crippen LogP contribution in [0.5, 0.6) is 0 Å². The molecule has 0 aromatic heterocycles. The molecular formula is C16H12Mo2O4. The van der Waals surface area contributed by atoms with Crippen LogP contribution in [-0.2, 0) is 59.0 Å². The fraction of sp³-hybridized carbons (Fsp3) is 0. The van der Waals surface area contributed by atoms with Gasteiger partial charge >= 0.3 is 75.2 Å². The smallest absolute Gasteiger partial charge is 0 e. The van der Waals surface area contributed by atoms with E-state index in [1.165, 1.54) is 0 Å². The average Bonchev–Trinajstić information content (AvgIpc) is 3.33. The second-order valence-electron chi connectivity index (χ2n) is 2.07. The Bertz CT molecular complexity index is 207. The molecule has 2 fully saturated rings. The third-order valence-electron chi connectivity index (χ3n) is 1.11. The Kier molecular flexibility index (Phi) is 120. The molecule has 0 bridgehead atoms. The van der Waals surface area contributed by atoms with Crippen LogP contribution in [-0.4, -0.2) is 4.06 Å². The van der Waals surface area contributed by atoms with Crippen molar-refractivity contribution < 1.29 is 59.0 Å². The summed E-state index contributed by atoms with van der Waals surface area (Å²) in [6, 6.07) is 0. The minimum atomic E-state index is 0. The molecule has 6 heteroatoms. The van der Waals surface area contributed by atoms with E-state index in [9.17, 15) is 0 Å². The van der Waals surface area contributed by atoms with Gasteiger partial charge in [0, 0.05) is 21.1 Å². The molecule has 0 atom stereocenters. The second-order valence-corrected chi connectivity index (χ2v) is 2.78. The molecule has 0 spiro atoms. The van der Waals surface area contributed by atoms with E-state index >= 15 is 0 Å². The third-order valence-corrected chi connectivity index (χ3v) is 1.11. The number of hydrogen-bond acceptors (Lipinski definition) is 0. The normalized spacial score (nSPS) is 11.6. The van der Waals surface area contributed by atoms with Gasteiger partial charge in [0.25, 0.3) is 0 Å². The molecule has 0 heterocycles. The molecule has 0 aromatic rings. The van der Waals surface area contributed by atoms with Gasteiger partial charge in [0.15, 0.2) is 0 Å². The Morgan fingerprint density at radius 3 is 0.636 bits per heavy atom. The van der Waals surface area contributed by atoms with Crippen molar-refractivity contribution in [3.63, 3.8) is 0 Å². The molecule has 0 saturated heterocycles. The Morgan fingerprint density at radius 1 is 0.545 bits per heavy atom. The van der Waals surface area contributed by atoms with E-state index in [0.717, 1.165) is 0 Å². The zero-order valence-corrected chi connectivity index (χ0v) is 15.4. The van der Waals surface area contributed by atoms with E-state index in [0.29, 0.717) is 0 Å². The van der Waals surface area contributed by atoms with Gasteiger partial charge in [-0.15, -0.1) is 0 Å². The van der Waals surface area contributed by atoms with Crippen molar-refractivity contribution in [2.45, 2.75) is 0 Å². The molecule has 4 nitrogen and oxygen atoms in total. The van der Waals surface area contributed by atoms with Gasteiger partial charge in [0.1, 0.15) is 0 Å². The zero-order valence-electron chi connectivity index (χ0n) is 11.4. The summed E-state index contributed by atoms with van der Waals surface area (Å²) in [5.74, 6) is 0. The molecule has 0 aliphatic heterocycles. The van der Waals surface area contributed by atoms with Gasteiger partial charge in [-0.05, 0) is 64.2 Å². The van der Waals surface area contributed by atoms with Crippen molar-refractivity contribution in [2.24, 2.45) is 0 Å². The summed E-state index contributed by atoms with van der Waals surface area (Å²) in [5, 5.41) is 0. The Balaban J connectivity index is -0.0000000357. The SMILES string of the molecule is C=[C]=[Mo].[C-]#[O+].[C-]#[O+].[C-]#[O+].[C-]#[O+].[CH]1[CH][CH][CH][CH]1.[CH]1[CH][CH][CH][CH]1.[Mo]. The molecule has 112 valence electrons. The van der Waals surface area contributed by atoms with Crippen LogP contribution in [0.3, 0.4) is 0 Å². The predicted octanol–water partition coefficient (Wildman–Crippen LogP) is 2.01. The van der Waals surface area contributed by atoms with Crippen molar-refractivity contribution in [3.8, 4) is 0 Å². The molecular weight excluding hydrogens is 448 g/mol. The first-order valence-corrected chi connectivity index (χ1v) is 5.71. The van der Waals surface area contributed by atoms with Crippen LogP contribution in [0.25, 0.3) is 0 Å². The fourth-order valence-electron chi connectivity index (χ4n) is 0.642. The van der Waals surface area contributed by atoms with Gasteiger partial charge < -0.3 is 0 Å². The van der Waals surface area contributed by atoms with Crippen molar-refractivity contribution in [2.75, 3.05) is 0 Å². The monoisotopic (exact) mass is 464 g/mol. The third kappa shape index (κ3) is 72.2. The van der Waals surface area contributed by atoms with Crippen molar-refractivity contribution in [3.05, 3.63) is 97.4 Å². The Hall–Kier alpha value is -0.0134. The van der Waals surface area contributed by atoms with E-state index in [1.807, 2.05) is 64.2 Å². The van der Waals surface area contributed by atoms with Gasteiger partial charge in [-0.3, -0.25) is 0 Å². The van der Waals surface area contributed by atoms with Crippen LogP contribution in [0.15, 0.2) is 6.58 Å². The van der Waals surface area contributed by atoms with Crippen LogP contribution in [0.1, 0.15) is 0 Å². The molecule has 0 unspecified atom stereocenters. The minimum Gasteiger partial charge on any atom is -0.0312 e. The standard InChI is InChI=1S/2C5H5.C2H2.4CO.2Mo/c2*1-2-4-5-3-1;5*1-2;;/h2*1-5H;1H2;;;;;;. The molecule has 0 amide bonds. The summed E-state index contributed by atoms with van der Waals surface area (Å²) < 4.78 is 32.5. The van der Waals surface area contributed by atoms with Gasteiger partial charge in [-0.1, -0.05) is 0 Å². The summed E-state index contributed by atoms with van der Waals surface area (Å²) in [6.45, 7) is 21.2. The first-order chi connectivity index (χ1) is 10.4. The largest absolute Gasteiger partial charge is 0.0312 e. The Labute approximate surface area is 160 Å². The van der Waals surface area contributed by atoms with Crippen LogP contribution in [0.2, 0.25) is 0 Å². The molecule has 10 radical (unpaired) electrons. The van der Waals surface area contributed by atoms with E-state index in [1.54, 1.807) is 19.4 Å². The average molecular weight is 460 g/mol. The topological polar surface area (TPSA) is 79.6 Å². The van der Waals surface area contributed by atoms with Gasteiger partial charge in [0.2, 0.25) is 0 Å². The molecule has 22 heavy (non-hydrogen) atoms. The van der Waals surface area contributed by atoms with Crippen LogP contribution < -0.4 is 0 Å². The molecule has 0 N–H and O–H groups in total. The summed E-state index contributed by atoms with van der Waals surface area (Å²) in [4.78, 5) is 0. The predicted molar refractivity (Wildman–Crippen MR) is 69.4 cm³/mol. The molecule has 2 aliphatic rings. The molecule has 2 aliphatic carbocycles. The first-order valence-electron chi connectivity index (χ1n) is 4.71. The summed E-state index contributed by atoms with van der Waals surface area (Å²) in [7, 11) is 0. The van der Waals surface area contributed by atoms with Crippen molar-refractivity contribution in [1.82, 2.24) is 0 Å². The quantitative estimate of drug-likeness (QED) is 0.301. The first kappa shape index (κ1) is 37.9.